The molecule has 1 rings (SSSR count). The second-order valence-corrected chi connectivity index (χ2v) is 4.27. The van der Waals surface area contributed by atoms with Crippen molar-refractivity contribution < 1.29 is 0 Å². The van der Waals surface area contributed by atoms with Crippen LogP contribution in [0.4, 0.5) is 0 Å². The largest absolute Gasteiger partial charge is 0.271 e. The zero-order valence-electron chi connectivity index (χ0n) is 10.3. The van der Waals surface area contributed by atoms with Gasteiger partial charge in [-0.2, -0.15) is 0 Å². The number of nitrogens with one attached hydrogen (secondary N) is 1. The second-order valence-electron chi connectivity index (χ2n) is 4.27. The third-order valence-corrected chi connectivity index (χ3v) is 2.87. The van der Waals surface area contributed by atoms with Crippen LogP contribution in [0.3, 0.4) is 0 Å². The van der Waals surface area contributed by atoms with Crippen molar-refractivity contribution in [2.24, 2.45) is 5.84 Å². The van der Waals surface area contributed by atoms with Gasteiger partial charge in [0.15, 0.2) is 0 Å². The lowest BCUT2D eigenvalue weighted by atomic mass is 9.95. The SMILES string of the molecule is C=C(C)CCC(NN)c1ccccc1CC. The van der Waals surface area contributed by atoms with Gasteiger partial charge < -0.3 is 0 Å². The zero-order valence-corrected chi connectivity index (χ0v) is 10.3. The number of aryl methyl sites for hydroxylation is 1. The predicted molar refractivity (Wildman–Crippen MR) is 69.9 cm³/mol. The Bertz CT molecular complexity index is 344. The van der Waals surface area contributed by atoms with Crippen LogP contribution in [-0.2, 0) is 6.42 Å². The molecule has 1 aromatic carbocycles. The van der Waals surface area contributed by atoms with Crippen molar-refractivity contribution in [3.05, 3.63) is 47.5 Å². The number of benzene rings is 1. The highest BCUT2D eigenvalue weighted by atomic mass is 15.2. The number of hydrazine groups is 1. The summed E-state index contributed by atoms with van der Waals surface area (Å²) in [5.74, 6) is 5.63. The molecule has 0 spiro atoms. The Morgan fingerprint density at radius 2 is 2.12 bits per heavy atom. The quantitative estimate of drug-likeness (QED) is 0.437. The molecule has 0 saturated heterocycles. The van der Waals surface area contributed by atoms with E-state index >= 15 is 0 Å². The molecule has 0 aliphatic carbocycles. The van der Waals surface area contributed by atoms with Gasteiger partial charge in [0.1, 0.15) is 0 Å². The lowest BCUT2D eigenvalue weighted by Gasteiger charge is -2.19. The van der Waals surface area contributed by atoms with Crippen molar-refractivity contribution in [2.45, 2.75) is 39.2 Å². The Hall–Kier alpha value is -1.12. The fourth-order valence-electron chi connectivity index (χ4n) is 1.92. The molecule has 1 aromatic rings. The Labute approximate surface area is 98.5 Å². The number of hydrogen-bond acceptors (Lipinski definition) is 2. The maximum absolute atomic E-state index is 5.63. The Morgan fingerprint density at radius 3 is 2.69 bits per heavy atom. The smallest absolute Gasteiger partial charge is 0.0465 e. The molecular formula is C14H22N2. The second kappa shape index (κ2) is 6.46. The molecule has 0 saturated carbocycles. The molecule has 0 amide bonds. The molecule has 1 unspecified atom stereocenters. The molecule has 2 nitrogen and oxygen atoms in total. The van der Waals surface area contributed by atoms with Gasteiger partial charge in [-0.1, -0.05) is 36.8 Å². The van der Waals surface area contributed by atoms with Crippen LogP contribution < -0.4 is 11.3 Å². The topological polar surface area (TPSA) is 38.0 Å². The minimum atomic E-state index is 0.229. The minimum absolute atomic E-state index is 0.229. The van der Waals surface area contributed by atoms with Crippen LogP contribution in [0.25, 0.3) is 0 Å². The molecule has 1 atom stereocenters. The maximum atomic E-state index is 5.63. The van der Waals surface area contributed by atoms with Gasteiger partial charge in [0, 0.05) is 6.04 Å². The van der Waals surface area contributed by atoms with Gasteiger partial charge in [0.05, 0.1) is 0 Å². The fraction of sp³-hybridized carbons (Fsp3) is 0.429. The Balaban J connectivity index is 2.81. The van der Waals surface area contributed by atoms with Gasteiger partial charge in [-0.05, 0) is 37.3 Å². The van der Waals surface area contributed by atoms with Crippen molar-refractivity contribution in [3.63, 3.8) is 0 Å². The van der Waals surface area contributed by atoms with E-state index in [4.69, 9.17) is 5.84 Å². The molecule has 0 aliphatic heterocycles. The van der Waals surface area contributed by atoms with Gasteiger partial charge in [0.2, 0.25) is 0 Å². The molecule has 0 heterocycles. The van der Waals surface area contributed by atoms with Crippen LogP contribution in [0.15, 0.2) is 36.4 Å². The summed E-state index contributed by atoms with van der Waals surface area (Å²) in [6.07, 6.45) is 3.05. The summed E-state index contributed by atoms with van der Waals surface area (Å²) in [6.45, 7) is 8.16. The summed E-state index contributed by atoms with van der Waals surface area (Å²) in [4.78, 5) is 0. The van der Waals surface area contributed by atoms with Crippen LogP contribution in [-0.4, -0.2) is 0 Å². The van der Waals surface area contributed by atoms with Gasteiger partial charge >= 0.3 is 0 Å². The zero-order chi connectivity index (χ0) is 12.0. The van der Waals surface area contributed by atoms with Crippen LogP contribution in [0.2, 0.25) is 0 Å². The molecule has 0 aromatic heterocycles. The summed E-state index contributed by atoms with van der Waals surface area (Å²) in [5, 5.41) is 0. The average Bonchev–Trinajstić information content (AvgIpc) is 2.30. The summed E-state index contributed by atoms with van der Waals surface area (Å²) in [5.41, 5.74) is 6.79. The van der Waals surface area contributed by atoms with Crippen molar-refractivity contribution in [1.29, 1.82) is 0 Å². The van der Waals surface area contributed by atoms with Crippen LogP contribution in [0.5, 0.6) is 0 Å². The molecule has 0 bridgehead atoms. The van der Waals surface area contributed by atoms with E-state index in [2.05, 4.69) is 50.1 Å². The Kier molecular flexibility index (Phi) is 5.23. The molecule has 3 N–H and O–H groups in total. The number of allylic oxidation sites excluding steroid dienone is 1. The normalized spacial score (nSPS) is 12.4. The predicted octanol–water partition coefficient (Wildman–Crippen LogP) is 3.11. The highest BCUT2D eigenvalue weighted by Gasteiger charge is 2.12. The van der Waals surface area contributed by atoms with E-state index in [1.807, 2.05) is 0 Å². The standard InChI is InChI=1S/C14H22N2/c1-4-12-7-5-6-8-13(12)14(16-15)10-9-11(2)3/h5-8,14,16H,2,4,9-10,15H2,1,3H3. The van der Waals surface area contributed by atoms with Gasteiger partial charge in [-0.25, -0.2) is 0 Å². The lowest BCUT2D eigenvalue weighted by Crippen LogP contribution is -2.28. The van der Waals surface area contributed by atoms with Crippen molar-refractivity contribution in [3.8, 4) is 0 Å². The highest BCUT2D eigenvalue weighted by molar-refractivity contribution is 5.30. The van der Waals surface area contributed by atoms with E-state index in [0.717, 1.165) is 19.3 Å². The molecule has 0 radical (unpaired) electrons. The monoisotopic (exact) mass is 218 g/mol. The van der Waals surface area contributed by atoms with E-state index in [-0.39, 0.29) is 6.04 Å². The van der Waals surface area contributed by atoms with Crippen molar-refractivity contribution >= 4 is 0 Å². The highest BCUT2D eigenvalue weighted by Crippen LogP contribution is 2.23. The van der Waals surface area contributed by atoms with Crippen LogP contribution in [0, 0.1) is 0 Å². The number of rotatable bonds is 6. The molecule has 16 heavy (non-hydrogen) atoms. The number of nitrogens with two attached hydrogens (primary N) is 1. The first-order valence-electron chi connectivity index (χ1n) is 5.87. The first-order valence-corrected chi connectivity index (χ1v) is 5.87. The Morgan fingerprint density at radius 1 is 1.44 bits per heavy atom. The molecule has 0 fully saturated rings. The maximum Gasteiger partial charge on any atom is 0.0465 e. The third kappa shape index (κ3) is 3.47. The molecular weight excluding hydrogens is 196 g/mol. The molecule has 0 aliphatic rings. The van der Waals surface area contributed by atoms with E-state index in [0.29, 0.717) is 0 Å². The fourth-order valence-corrected chi connectivity index (χ4v) is 1.92. The first kappa shape index (κ1) is 12.9. The summed E-state index contributed by atoms with van der Waals surface area (Å²) in [6, 6.07) is 8.70. The van der Waals surface area contributed by atoms with E-state index in [1.165, 1.54) is 16.7 Å². The molecule has 2 heteroatoms. The van der Waals surface area contributed by atoms with E-state index in [1.54, 1.807) is 0 Å². The van der Waals surface area contributed by atoms with Gasteiger partial charge in [-0.3, -0.25) is 11.3 Å². The number of hydrogen-bond donors (Lipinski definition) is 2. The van der Waals surface area contributed by atoms with Gasteiger partial charge in [-0.15, -0.1) is 6.58 Å². The van der Waals surface area contributed by atoms with E-state index < -0.39 is 0 Å². The minimum Gasteiger partial charge on any atom is -0.271 e. The van der Waals surface area contributed by atoms with E-state index in [9.17, 15) is 0 Å². The average molecular weight is 218 g/mol. The summed E-state index contributed by atoms with van der Waals surface area (Å²) < 4.78 is 0. The van der Waals surface area contributed by atoms with Crippen molar-refractivity contribution in [1.82, 2.24) is 5.43 Å². The van der Waals surface area contributed by atoms with Crippen molar-refractivity contribution in [2.75, 3.05) is 0 Å². The summed E-state index contributed by atoms with van der Waals surface area (Å²) in [7, 11) is 0. The van der Waals surface area contributed by atoms with Crippen LogP contribution >= 0.6 is 0 Å². The molecule has 88 valence electrons. The summed E-state index contributed by atoms with van der Waals surface area (Å²) >= 11 is 0. The third-order valence-electron chi connectivity index (χ3n) is 2.87. The van der Waals surface area contributed by atoms with Gasteiger partial charge in [0.25, 0.3) is 0 Å². The van der Waals surface area contributed by atoms with Crippen LogP contribution in [0.1, 0.15) is 43.9 Å². The lowest BCUT2D eigenvalue weighted by molar-refractivity contribution is 0.512. The first-order chi connectivity index (χ1) is 7.69.